The number of hydrogen-bond donors (Lipinski definition) is 2. The van der Waals surface area contributed by atoms with Crippen LogP contribution in [-0.4, -0.2) is 53.7 Å². The Kier molecular flexibility index (Phi) is 7.17. The number of amides is 1. The minimum atomic E-state index is -1.03. The molecule has 1 unspecified atom stereocenters. The molecule has 0 bridgehead atoms. The van der Waals surface area contributed by atoms with Crippen LogP contribution in [0.4, 0.5) is 0 Å². The molecule has 0 radical (unpaired) electrons. The third kappa shape index (κ3) is 6.18. The van der Waals surface area contributed by atoms with E-state index in [9.17, 15) is 14.7 Å². The molecule has 1 heterocycles. The number of nitrogens with one attached hydrogen (secondary N) is 1. The van der Waals surface area contributed by atoms with Gasteiger partial charge in [0.05, 0.1) is 19.1 Å². The Morgan fingerprint density at radius 2 is 1.71 bits per heavy atom. The number of carbonyl (C=O) groups is 2. The molecule has 1 aliphatic rings. The van der Waals surface area contributed by atoms with Crippen molar-refractivity contribution < 1.29 is 19.4 Å². The number of nitrogens with zero attached hydrogens (tertiary/aromatic N) is 1. The van der Waals surface area contributed by atoms with Gasteiger partial charge < -0.3 is 15.2 Å². The number of aliphatic carboxylic acids is 1. The summed E-state index contributed by atoms with van der Waals surface area (Å²) in [5, 5.41) is 12.1. The van der Waals surface area contributed by atoms with Crippen molar-refractivity contribution in [2.24, 2.45) is 0 Å². The van der Waals surface area contributed by atoms with Crippen molar-refractivity contribution in [2.75, 3.05) is 19.7 Å². The highest BCUT2D eigenvalue weighted by Crippen LogP contribution is 2.13. The monoisotopic (exact) mass is 382 g/mol. The van der Waals surface area contributed by atoms with Crippen molar-refractivity contribution in [1.82, 2.24) is 10.2 Å². The van der Waals surface area contributed by atoms with Crippen molar-refractivity contribution >= 4 is 11.9 Å². The van der Waals surface area contributed by atoms with Crippen LogP contribution < -0.4 is 5.32 Å². The Hall–Kier alpha value is -2.70. The van der Waals surface area contributed by atoms with Crippen LogP contribution in [0.3, 0.4) is 0 Å². The number of carboxylic acid groups (broad SMARTS) is 1. The fraction of sp³-hybridized carbons (Fsp3) is 0.364. The molecule has 0 saturated carbocycles. The Bertz CT molecular complexity index is 767. The molecule has 1 fully saturated rings. The summed E-state index contributed by atoms with van der Waals surface area (Å²) in [6.45, 7) is 2.85. The van der Waals surface area contributed by atoms with Gasteiger partial charge in [-0.05, 0) is 11.1 Å². The van der Waals surface area contributed by atoms with Crippen LogP contribution in [0.1, 0.15) is 17.5 Å². The summed E-state index contributed by atoms with van der Waals surface area (Å²) >= 11 is 0. The molecule has 2 N–H and O–H groups in total. The molecule has 0 aromatic heterocycles. The summed E-state index contributed by atoms with van der Waals surface area (Å²) in [7, 11) is 0. The second kappa shape index (κ2) is 10.0. The topological polar surface area (TPSA) is 78.9 Å². The molecule has 1 saturated heterocycles. The Morgan fingerprint density at radius 3 is 2.36 bits per heavy atom. The Labute approximate surface area is 165 Å². The van der Waals surface area contributed by atoms with E-state index < -0.39 is 12.0 Å². The van der Waals surface area contributed by atoms with Crippen molar-refractivity contribution in [1.29, 1.82) is 0 Å². The van der Waals surface area contributed by atoms with Gasteiger partial charge in [0.2, 0.25) is 5.91 Å². The maximum atomic E-state index is 12.4. The summed E-state index contributed by atoms with van der Waals surface area (Å²) in [4.78, 5) is 26.2. The zero-order chi connectivity index (χ0) is 19.8. The van der Waals surface area contributed by atoms with Crippen LogP contribution in [0.15, 0.2) is 60.7 Å². The van der Waals surface area contributed by atoms with Gasteiger partial charge in [-0.2, -0.15) is 0 Å². The molecular formula is C22H26N2O4. The molecule has 2 atom stereocenters. The van der Waals surface area contributed by atoms with E-state index in [-0.39, 0.29) is 24.9 Å². The maximum absolute atomic E-state index is 12.4. The van der Waals surface area contributed by atoms with Crippen molar-refractivity contribution in [3.8, 4) is 0 Å². The fourth-order valence-corrected chi connectivity index (χ4v) is 3.40. The molecule has 2 aromatic carbocycles. The average molecular weight is 382 g/mol. The highest BCUT2D eigenvalue weighted by Gasteiger charge is 2.26. The first-order valence-electron chi connectivity index (χ1n) is 9.54. The van der Waals surface area contributed by atoms with Gasteiger partial charge in [0.1, 0.15) is 6.04 Å². The Morgan fingerprint density at radius 1 is 1.07 bits per heavy atom. The third-order valence-corrected chi connectivity index (χ3v) is 4.80. The molecule has 28 heavy (non-hydrogen) atoms. The van der Waals surface area contributed by atoms with Gasteiger partial charge in [-0.3, -0.25) is 9.69 Å². The molecule has 2 aromatic rings. The highest BCUT2D eigenvalue weighted by molar-refractivity contribution is 5.84. The van der Waals surface area contributed by atoms with Gasteiger partial charge in [0.15, 0.2) is 0 Å². The second-order valence-corrected chi connectivity index (χ2v) is 7.07. The van der Waals surface area contributed by atoms with Gasteiger partial charge in [-0.1, -0.05) is 60.7 Å². The van der Waals surface area contributed by atoms with Crippen molar-refractivity contribution in [3.63, 3.8) is 0 Å². The van der Waals surface area contributed by atoms with E-state index >= 15 is 0 Å². The highest BCUT2D eigenvalue weighted by atomic mass is 16.5. The molecule has 3 rings (SSSR count). The van der Waals surface area contributed by atoms with Crippen LogP contribution in [0, 0.1) is 0 Å². The zero-order valence-corrected chi connectivity index (χ0v) is 15.8. The maximum Gasteiger partial charge on any atom is 0.326 e. The SMILES string of the molecule is O=C(CC1CN(Cc2ccccc2)CCO1)N[C@H](Cc1ccccc1)C(=O)O. The largest absolute Gasteiger partial charge is 0.480 e. The number of carboxylic acids is 1. The van der Waals surface area contributed by atoms with E-state index in [1.807, 2.05) is 48.5 Å². The first-order chi connectivity index (χ1) is 13.6. The van der Waals surface area contributed by atoms with Crippen LogP contribution in [0.5, 0.6) is 0 Å². The van der Waals surface area contributed by atoms with Gasteiger partial charge >= 0.3 is 5.97 Å². The van der Waals surface area contributed by atoms with Crippen molar-refractivity contribution in [2.45, 2.75) is 31.5 Å². The summed E-state index contributed by atoms with van der Waals surface area (Å²) < 4.78 is 5.73. The van der Waals surface area contributed by atoms with Crippen LogP contribution in [-0.2, 0) is 27.3 Å². The molecule has 1 amide bonds. The fourth-order valence-electron chi connectivity index (χ4n) is 3.40. The first-order valence-corrected chi connectivity index (χ1v) is 9.54. The molecule has 0 aliphatic carbocycles. The number of hydrogen-bond acceptors (Lipinski definition) is 4. The summed E-state index contributed by atoms with van der Waals surface area (Å²) in [5.41, 5.74) is 2.10. The number of ether oxygens (including phenoxy) is 1. The molecule has 148 valence electrons. The summed E-state index contributed by atoms with van der Waals surface area (Å²) in [5.74, 6) is -1.33. The normalized spacial score (nSPS) is 18.4. The van der Waals surface area contributed by atoms with Gasteiger partial charge in [0.25, 0.3) is 0 Å². The first kappa shape index (κ1) is 20.0. The third-order valence-electron chi connectivity index (χ3n) is 4.80. The predicted octanol–water partition coefficient (Wildman–Crippen LogP) is 2.09. The summed E-state index contributed by atoms with van der Waals surface area (Å²) in [6.07, 6.45) is 0.181. The minimum Gasteiger partial charge on any atom is -0.480 e. The lowest BCUT2D eigenvalue weighted by molar-refractivity contribution is -0.142. The van der Waals surface area contributed by atoms with E-state index in [0.29, 0.717) is 13.2 Å². The lowest BCUT2D eigenvalue weighted by atomic mass is 10.1. The number of morpholine rings is 1. The molecule has 0 spiro atoms. The van der Waals surface area contributed by atoms with E-state index in [1.165, 1.54) is 5.56 Å². The van der Waals surface area contributed by atoms with Crippen LogP contribution >= 0.6 is 0 Å². The molecule has 6 heteroatoms. The predicted molar refractivity (Wildman–Crippen MR) is 106 cm³/mol. The van der Waals surface area contributed by atoms with Gasteiger partial charge in [0, 0.05) is 26.1 Å². The standard InChI is InChI=1S/C22H26N2O4/c25-21(23-20(22(26)27)13-17-7-3-1-4-8-17)14-19-16-24(11-12-28-19)15-18-9-5-2-6-10-18/h1-10,19-20H,11-16H2,(H,23,25)(H,26,27)/t19?,20-/m1/s1. The van der Waals surface area contributed by atoms with Crippen LogP contribution in [0.25, 0.3) is 0 Å². The van der Waals surface area contributed by atoms with E-state index in [4.69, 9.17) is 4.74 Å². The molecule has 6 nitrogen and oxygen atoms in total. The Balaban J connectivity index is 1.50. The number of rotatable bonds is 8. The number of carbonyl (C=O) groups excluding carboxylic acids is 1. The molecular weight excluding hydrogens is 356 g/mol. The van der Waals surface area contributed by atoms with Gasteiger partial charge in [-0.25, -0.2) is 4.79 Å². The van der Waals surface area contributed by atoms with Crippen molar-refractivity contribution in [3.05, 3.63) is 71.8 Å². The van der Waals surface area contributed by atoms with Crippen LogP contribution in [0.2, 0.25) is 0 Å². The smallest absolute Gasteiger partial charge is 0.326 e. The van der Waals surface area contributed by atoms with Gasteiger partial charge in [-0.15, -0.1) is 0 Å². The van der Waals surface area contributed by atoms with E-state index in [0.717, 1.165) is 18.7 Å². The second-order valence-electron chi connectivity index (χ2n) is 7.07. The average Bonchev–Trinajstić information content (AvgIpc) is 2.69. The zero-order valence-electron chi connectivity index (χ0n) is 15.8. The van der Waals surface area contributed by atoms with E-state index in [1.54, 1.807) is 0 Å². The summed E-state index contributed by atoms with van der Waals surface area (Å²) in [6, 6.07) is 18.5. The lowest BCUT2D eigenvalue weighted by Gasteiger charge is -2.32. The number of benzene rings is 2. The minimum absolute atomic E-state index is 0.157. The quantitative estimate of drug-likeness (QED) is 0.731. The lowest BCUT2D eigenvalue weighted by Crippen LogP contribution is -2.47. The molecule has 1 aliphatic heterocycles. The van der Waals surface area contributed by atoms with E-state index in [2.05, 4.69) is 22.3 Å².